The summed E-state index contributed by atoms with van der Waals surface area (Å²) in [5.41, 5.74) is 7.84. The van der Waals surface area contributed by atoms with Crippen LogP contribution in [0, 0.1) is 0 Å². The maximum Gasteiger partial charge on any atom is 0.164 e. The van der Waals surface area contributed by atoms with Crippen molar-refractivity contribution in [2.75, 3.05) is 0 Å². The van der Waals surface area contributed by atoms with Crippen LogP contribution in [0.25, 0.3) is 21.6 Å². The van der Waals surface area contributed by atoms with Crippen LogP contribution < -0.4 is 5.73 Å². The van der Waals surface area contributed by atoms with Gasteiger partial charge in [0, 0.05) is 24.5 Å². The number of fused-ring (bicyclic) bond motifs is 1. The molecule has 0 saturated carbocycles. The second-order valence-corrected chi connectivity index (χ2v) is 4.91. The third-order valence-electron chi connectivity index (χ3n) is 2.81. The molecule has 0 fully saturated rings. The normalized spacial score (nSPS) is 11.2. The summed E-state index contributed by atoms with van der Waals surface area (Å²) < 4.78 is 2.14. The van der Waals surface area contributed by atoms with E-state index in [9.17, 15) is 0 Å². The number of hydrogen-bond acceptors (Lipinski definition) is 4. The SMILES string of the molecule is Cn1c(-c2nnc(CN)s2)cc2ccccc21. The molecule has 3 aromatic rings. The standard InChI is InChI=1S/C12H12N4S/c1-16-9-5-3-2-4-8(9)6-10(16)12-15-14-11(7-13)17-12/h2-6H,7,13H2,1H3. The molecule has 2 N–H and O–H groups in total. The quantitative estimate of drug-likeness (QED) is 0.751. The van der Waals surface area contributed by atoms with E-state index in [4.69, 9.17) is 5.73 Å². The molecule has 3 rings (SSSR count). The van der Waals surface area contributed by atoms with Gasteiger partial charge < -0.3 is 10.3 Å². The van der Waals surface area contributed by atoms with Crippen molar-refractivity contribution in [1.29, 1.82) is 0 Å². The van der Waals surface area contributed by atoms with Gasteiger partial charge in [0.2, 0.25) is 0 Å². The Hall–Kier alpha value is -1.72. The molecule has 0 spiro atoms. The van der Waals surface area contributed by atoms with Crippen LogP contribution in [-0.4, -0.2) is 14.8 Å². The van der Waals surface area contributed by atoms with E-state index in [-0.39, 0.29) is 0 Å². The van der Waals surface area contributed by atoms with Crippen molar-refractivity contribution in [3.63, 3.8) is 0 Å². The van der Waals surface area contributed by atoms with Gasteiger partial charge in [0.25, 0.3) is 0 Å². The van der Waals surface area contributed by atoms with Crippen molar-refractivity contribution in [1.82, 2.24) is 14.8 Å². The predicted octanol–water partition coefficient (Wildman–Crippen LogP) is 2.16. The minimum absolute atomic E-state index is 0.446. The molecular formula is C12H12N4S. The Kier molecular flexibility index (Phi) is 2.42. The minimum Gasteiger partial charge on any atom is -0.342 e. The first-order valence-electron chi connectivity index (χ1n) is 5.37. The molecule has 0 saturated heterocycles. The number of aromatic nitrogens is 3. The van der Waals surface area contributed by atoms with Crippen molar-refractivity contribution in [2.24, 2.45) is 12.8 Å². The lowest BCUT2D eigenvalue weighted by molar-refractivity contribution is 0.940. The van der Waals surface area contributed by atoms with Gasteiger partial charge >= 0.3 is 0 Å². The topological polar surface area (TPSA) is 56.7 Å². The number of rotatable bonds is 2. The monoisotopic (exact) mass is 244 g/mol. The maximum atomic E-state index is 5.56. The molecular weight excluding hydrogens is 232 g/mol. The van der Waals surface area contributed by atoms with Crippen LogP contribution >= 0.6 is 11.3 Å². The summed E-state index contributed by atoms with van der Waals surface area (Å²) in [5.74, 6) is 0. The summed E-state index contributed by atoms with van der Waals surface area (Å²) in [7, 11) is 2.04. The fourth-order valence-corrected chi connectivity index (χ4v) is 2.70. The molecule has 1 aromatic carbocycles. The van der Waals surface area contributed by atoms with Gasteiger partial charge in [0.05, 0.1) is 5.69 Å². The molecule has 0 unspecified atom stereocenters. The molecule has 5 heteroatoms. The molecule has 2 aromatic heterocycles. The summed E-state index contributed by atoms with van der Waals surface area (Å²) in [6.45, 7) is 0.446. The molecule has 0 atom stereocenters. The Morgan fingerprint density at radius 3 is 2.82 bits per heavy atom. The number of benzene rings is 1. The molecule has 17 heavy (non-hydrogen) atoms. The fraction of sp³-hybridized carbons (Fsp3) is 0.167. The largest absolute Gasteiger partial charge is 0.342 e. The van der Waals surface area contributed by atoms with Gasteiger partial charge in [-0.3, -0.25) is 0 Å². The van der Waals surface area contributed by atoms with E-state index in [0.717, 1.165) is 15.7 Å². The molecule has 0 amide bonds. The van der Waals surface area contributed by atoms with Crippen LogP contribution in [0.1, 0.15) is 5.01 Å². The van der Waals surface area contributed by atoms with E-state index in [1.807, 2.05) is 19.2 Å². The summed E-state index contributed by atoms with van der Waals surface area (Å²) in [4.78, 5) is 0. The van der Waals surface area contributed by atoms with Crippen molar-refractivity contribution in [2.45, 2.75) is 6.54 Å². The molecule has 4 nitrogen and oxygen atoms in total. The van der Waals surface area contributed by atoms with Crippen LogP contribution in [0.5, 0.6) is 0 Å². The first kappa shape index (κ1) is 10.4. The highest BCUT2D eigenvalue weighted by atomic mass is 32.1. The van der Waals surface area contributed by atoms with Gasteiger partial charge in [-0.1, -0.05) is 29.5 Å². The zero-order valence-corrected chi connectivity index (χ0v) is 10.2. The van der Waals surface area contributed by atoms with Crippen molar-refractivity contribution >= 4 is 22.2 Å². The minimum atomic E-state index is 0.446. The first-order valence-corrected chi connectivity index (χ1v) is 6.18. The lowest BCUT2D eigenvalue weighted by Gasteiger charge is -1.99. The van der Waals surface area contributed by atoms with E-state index in [0.29, 0.717) is 6.54 Å². The van der Waals surface area contributed by atoms with Crippen LogP contribution in [0.2, 0.25) is 0 Å². The number of nitrogens with zero attached hydrogens (tertiary/aromatic N) is 3. The zero-order valence-electron chi connectivity index (χ0n) is 9.42. The highest BCUT2D eigenvalue weighted by Gasteiger charge is 2.11. The Morgan fingerprint density at radius 1 is 1.29 bits per heavy atom. The third-order valence-corrected chi connectivity index (χ3v) is 3.78. The van der Waals surface area contributed by atoms with E-state index < -0.39 is 0 Å². The van der Waals surface area contributed by atoms with Gasteiger partial charge in [-0.2, -0.15) is 0 Å². The molecule has 0 bridgehead atoms. The van der Waals surface area contributed by atoms with Crippen LogP contribution in [0.4, 0.5) is 0 Å². The highest BCUT2D eigenvalue weighted by Crippen LogP contribution is 2.28. The molecule has 0 aliphatic rings. The lowest BCUT2D eigenvalue weighted by Crippen LogP contribution is -1.94. The number of para-hydroxylation sites is 1. The summed E-state index contributed by atoms with van der Waals surface area (Å²) in [6.07, 6.45) is 0. The summed E-state index contributed by atoms with van der Waals surface area (Å²) >= 11 is 1.55. The lowest BCUT2D eigenvalue weighted by atomic mass is 10.2. The van der Waals surface area contributed by atoms with E-state index in [1.54, 1.807) is 11.3 Å². The van der Waals surface area contributed by atoms with Crippen molar-refractivity contribution in [3.05, 3.63) is 35.3 Å². The second-order valence-electron chi connectivity index (χ2n) is 3.85. The molecule has 86 valence electrons. The zero-order chi connectivity index (χ0) is 11.8. The Bertz CT molecular complexity index is 668. The molecule has 0 aliphatic heterocycles. The number of hydrogen-bond donors (Lipinski definition) is 1. The Labute approximate surface area is 103 Å². The fourth-order valence-electron chi connectivity index (χ4n) is 1.93. The molecule has 2 heterocycles. The predicted molar refractivity (Wildman–Crippen MR) is 69.7 cm³/mol. The van der Waals surface area contributed by atoms with Gasteiger partial charge in [-0.05, 0) is 12.1 Å². The summed E-state index contributed by atoms with van der Waals surface area (Å²) in [6, 6.07) is 10.4. The number of nitrogens with two attached hydrogens (primary N) is 1. The van der Waals surface area contributed by atoms with Gasteiger partial charge in [-0.25, -0.2) is 0 Å². The van der Waals surface area contributed by atoms with E-state index >= 15 is 0 Å². The Balaban J connectivity index is 2.20. The van der Waals surface area contributed by atoms with Crippen LogP contribution in [0.15, 0.2) is 30.3 Å². The average Bonchev–Trinajstić information content (AvgIpc) is 2.95. The van der Waals surface area contributed by atoms with Crippen LogP contribution in [0.3, 0.4) is 0 Å². The highest BCUT2D eigenvalue weighted by molar-refractivity contribution is 7.14. The maximum absolute atomic E-state index is 5.56. The second kappa shape index (κ2) is 3.94. The summed E-state index contributed by atoms with van der Waals surface area (Å²) in [5, 5.41) is 11.2. The third kappa shape index (κ3) is 1.64. The van der Waals surface area contributed by atoms with Crippen LogP contribution in [-0.2, 0) is 13.6 Å². The van der Waals surface area contributed by atoms with Gasteiger partial charge in [-0.15, -0.1) is 10.2 Å². The van der Waals surface area contributed by atoms with Crippen molar-refractivity contribution < 1.29 is 0 Å². The number of aryl methyl sites for hydroxylation is 1. The van der Waals surface area contributed by atoms with Gasteiger partial charge in [0.1, 0.15) is 5.01 Å². The average molecular weight is 244 g/mol. The smallest absolute Gasteiger partial charge is 0.164 e. The molecule has 0 radical (unpaired) electrons. The Morgan fingerprint density at radius 2 is 2.12 bits per heavy atom. The molecule has 0 aliphatic carbocycles. The van der Waals surface area contributed by atoms with Gasteiger partial charge in [0.15, 0.2) is 5.01 Å². The van der Waals surface area contributed by atoms with E-state index in [1.165, 1.54) is 10.9 Å². The first-order chi connectivity index (χ1) is 8.29. The van der Waals surface area contributed by atoms with E-state index in [2.05, 4.69) is 33.0 Å². The van der Waals surface area contributed by atoms with Crippen molar-refractivity contribution in [3.8, 4) is 10.7 Å².